The predicted octanol–water partition coefficient (Wildman–Crippen LogP) is 5.62. The molecule has 4 heteroatoms. The van der Waals surface area contributed by atoms with Crippen LogP contribution in [0.5, 0.6) is 11.5 Å². The van der Waals surface area contributed by atoms with E-state index in [4.69, 9.17) is 14.0 Å². The van der Waals surface area contributed by atoms with Crippen molar-refractivity contribution < 1.29 is 14.0 Å². The van der Waals surface area contributed by atoms with Crippen LogP contribution in [0.3, 0.4) is 0 Å². The van der Waals surface area contributed by atoms with Crippen molar-refractivity contribution in [1.29, 1.82) is 0 Å². The van der Waals surface area contributed by atoms with Gasteiger partial charge < -0.3 is 14.0 Å². The zero-order valence-electron chi connectivity index (χ0n) is 15.9. The highest BCUT2D eigenvalue weighted by Gasteiger charge is 2.19. The molecular weight excluding hydrogens is 350 g/mol. The molecule has 4 aromatic rings. The lowest BCUT2D eigenvalue weighted by atomic mass is 9.96. The second-order valence-electron chi connectivity index (χ2n) is 6.46. The van der Waals surface area contributed by atoms with E-state index >= 15 is 0 Å². The smallest absolute Gasteiger partial charge is 0.171 e. The molecule has 0 aliphatic rings. The molecule has 0 aliphatic carbocycles. The van der Waals surface area contributed by atoms with Gasteiger partial charge in [-0.15, -0.1) is 0 Å². The average molecular weight is 371 g/mol. The number of ether oxygens (including phenoxy) is 2. The van der Waals surface area contributed by atoms with E-state index in [2.05, 4.69) is 17.3 Å². The molecule has 140 valence electrons. The Morgan fingerprint density at radius 3 is 1.93 bits per heavy atom. The maximum atomic E-state index is 5.80. The molecule has 0 bridgehead atoms. The van der Waals surface area contributed by atoms with Crippen molar-refractivity contribution in [2.75, 3.05) is 14.2 Å². The summed E-state index contributed by atoms with van der Waals surface area (Å²) in [6.07, 6.45) is 0.707. The van der Waals surface area contributed by atoms with Gasteiger partial charge in [0.15, 0.2) is 5.76 Å². The van der Waals surface area contributed by atoms with Crippen molar-refractivity contribution in [3.8, 4) is 34.1 Å². The van der Waals surface area contributed by atoms with Crippen molar-refractivity contribution >= 4 is 0 Å². The number of rotatable bonds is 6. The largest absolute Gasteiger partial charge is 0.497 e. The van der Waals surface area contributed by atoms with E-state index in [9.17, 15) is 0 Å². The van der Waals surface area contributed by atoms with Gasteiger partial charge in [-0.2, -0.15) is 0 Å². The summed E-state index contributed by atoms with van der Waals surface area (Å²) in [5, 5.41) is 4.41. The SMILES string of the molecule is COc1ccc(Cc2c(-c3ccc(OC)cc3)noc2-c2ccccc2)cc1. The van der Waals surface area contributed by atoms with Gasteiger partial charge in [-0.3, -0.25) is 0 Å². The van der Waals surface area contributed by atoms with Crippen molar-refractivity contribution in [3.05, 3.63) is 90.0 Å². The minimum Gasteiger partial charge on any atom is -0.497 e. The molecule has 3 aromatic carbocycles. The molecule has 4 nitrogen and oxygen atoms in total. The number of nitrogens with zero attached hydrogens (tertiary/aromatic N) is 1. The number of hydrogen-bond donors (Lipinski definition) is 0. The van der Waals surface area contributed by atoms with Crippen LogP contribution in [-0.2, 0) is 6.42 Å². The third-order valence-electron chi connectivity index (χ3n) is 4.73. The van der Waals surface area contributed by atoms with Crippen molar-refractivity contribution in [3.63, 3.8) is 0 Å². The fourth-order valence-corrected chi connectivity index (χ4v) is 3.21. The molecule has 1 aromatic heterocycles. The lowest BCUT2D eigenvalue weighted by Gasteiger charge is -2.07. The van der Waals surface area contributed by atoms with Gasteiger partial charge in [-0.05, 0) is 42.0 Å². The summed E-state index contributed by atoms with van der Waals surface area (Å²) >= 11 is 0. The highest BCUT2D eigenvalue weighted by Crippen LogP contribution is 2.34. The minimum atomic E-state index is 0.707. The topological polar surface area (TPSA) is 44.5 Å². The monoisotopic (exact) mass is 371 g/mol. The zero-order valence-corrected chi connectivity index (χ0v) is 15.9. The summed E-state index contributed by atoms with van der Waals surface area (Å²) in [6, 6.07) is 26.0. The van der Waals surface area contributed by atoms with Gasteiger partial charge in [0, 0.05) is 23.1 Å². The summed E-state index contributed by atoms with van der Waals surface area (Å²) in [7, 11) is 3.33. The summed E-state index contributed by atoms with van der Waals surface area (Å²) in [5.74, 6) is 2.45. The molecule has 0 fully saturated rings. The molecule has 0 saturated heterocycles. The van der Waals surface area contributed by atoms with Gasteiger partial charge in [0.1, 0.15) is 17.2 Å². The summed E-state index contributed by atoms with van der Waals surface area (Å²) < 4.78 is 16.3. The van der Waals surface area contributed by atoms with Crippen LogP contribution in [0.15, 0.2) is 83.4 Å². The summed E-state index contributed by atoms with van der Waals surface area (Å²) in [6.45, 7) is 0. The van der Waals surface area contributed by atoms with E-state index in [-0.39, 0.29) is 0 Å². The van der Waals surface area contributed by atoms with E-state index in [1.165, 1.54) is 0 Å². The van der Waals surface area contributed by atoms with Crippen LogP contribution in [0.2, 0.25) is 0 Å². The van der Waals surface area contributed by atoms with Gasteiger partial charge in [0.25, 0.3) is 0 Å². The van der Waals surface area contributed by atoms with Crippen molar-refractivity contribution in [1.82, 2.24) is 5.16 Å². The molecule has 0 aliphatic heterocycles. The fourth-order valence-electron chi connectivity index (χ4n) is 3.21. The number of methoxy groups -OCH3 is 2. The van der Waals surface area contributed by atoms with Crippen LogP contribution < -0.4 is 9.47 Å². The van der Waals surface area contributed by atoms with E-state index < -0.39 is 0 Å². The first-order valence-electron chi connectivity index (χ1n) is 9.10. The van der Waals surface area contributed by atoms with Crippen LogP contribution in [0.1, 0.15) is 11.1 Å². The van der Waals surface area contributed by atoms with Gasteiger partial charge in [0.05, 0.1) is 14.2 Å². The Labute approximate surface area is 164 Å². The maximum Gasteiger partial charge on any atom is 0.171 e. The third-order valence-corrected chi connectivity index (χ3v) is 4.73. The van der Waals surface area contributed by atoms with Gasteiger partial charge >= 0.3 is 0 Å². The Kier molecular flexibility index (Phi) is 5.11. The predicted molar refractivity (Wildman–Crippen MR) is 110 cm³/mol. The van der Waals surface area contributed by atoms with Gasteiger partial charge in [0.2, 0.25) is 0 Å². The van der Waals surface area contributed by atoms with E-state index in [1.54, 1.807) is 14.2 Å². The maximum absolute atomic E-state index is 5.80. The second-order valence-corrected chi connectivity index (χ2v) is 6.46. The minimum absolute atomic E-state index is 0.707. The molecular formula is C24H21NO3. The Balaban J connectivity index is 1.78. The average Bonchev–Trinajstić information content (AvgIpc) is 3.18. The van der Waals surface area contributed by atoms with Crippen molar-refractivity contribution in [2.45, 2.75) is 6.42 Å². The van der Waals surface area contributed by atoms with E-state index in [0.717, 1.165) is 45.2 Å². The van der Waals surface area contributed by atoms with Gasteiger partial charge in [-0.25, -0.2) is 0 Å². The highest BCUT2D eigenvalue weighted by molar-refractivity contribution is 5.73. The number of hydrogen-bond acceptors (Lipinski definition) is 4. The number of aromatic nitrogens is 1. The second kappa shape index (κ2) is 8.01. The molecule has 0 radical (unpaired) electrons. The quantitative estimate of drug-likeness (QED) is 0.441. The normalized spacial score (nSPS) is 10.6. The van der Waals surface area contributed by atoms with Crippen molar-refractivity contribution in [2.24, 2.45) is 0 Å². The van der Waals surface area contributed by atoms with Crippen LogP contribution in [-0.4, -0.2) is 19.4 Å². The molecule has 1 heterocycles. The molecule has 0 saturated carbocycles. The van der Waals surface area contributed by atoms with Gasteiger partial charge in [-0.1, -0.05) is 47.6 Å². The van der Waals surface area contributed by atoms with E-state index in [0.29, 0.717) is 6.42 Å². The summed E-state index contributed by atoms with van der Waals surface area (Å²) in [4.78, 5) is 0. The Hall–Kier alpha value is -3.53. The Morgan fingerprint density at radius 2 is 1.32 bits per heavy atom. The van der Waals surface area contributed by atoms with Crippen LogP contribution >= 0.6 is 0 Å². The molecule has 28 heavy (non-hydrogen) atoms. The molecule has 0 atom stereocenters. The van der Waals surface area contributed by atoms with E-state index in [1.807, 2.05) is 66.7 Å². The zero-order chi connectivity index (χ0) is 19.3. The Bertz CT molecular complexity index is 1040. The first-order chi connectivity index (χ1) is 13.8. The van der Waals surface area contributed by atoms with Crippen LogP contribution in [0.4, 0.5) is 0 Å². The lowest BCUT2D eigenvalue weighted by molar-refractivity contribution is 0.414. The first kappa shape index (κ1) is 17.9. The molecule has 4 rings (SSSR count). The van der Waals surface area contributed by atoms with Crippen LogP contribution in [0.25, 0.3) is 22.6 Å². The Morgan fingerprint density at radius 1 is 0.714 bits per heavy atom. The molecule has 0 N–H and O–H groups in total. The molecule has 0 unspecified atom stereocenters. The molecule has 0 amide bonds. The summed E-state index contributed by atoms with van der Waals surface area (Å²) in [5.41, 5.74) is 5.07. The first-order valence-corrected chi connectivity index (χ1v) is 9.10. The molecule has 0 spiro atoms. The number of benzene rings is 3. The lowest BCUT2D eigenvalue weighted by Crippen LogP contribution is -1.93. The fraction of sp³-hybridized carbons (Fsp3) is 0.125. The standard InChI is InChI=1S/C24H21NO3/c1-26-20-12-8-17(9-13-20)16-22-23(18-10-14-21(27-2)15-11-18)25-28-24(22)19-6-4-3-5-7-19/h3-15H,16H2,1-2H3. The highest BCUT2D eigenvalue weighted by atomic mass is 16.5. The van der Waals surface area contributed by atoms with Crippen LogP contribution in [0, 0.1) is 0 Å². The third kappa shape index (κ3) is 3.62.